The molecule has 0 radical (unpaired) electrons. The highest BCUT2D eigenvalue weighted by Gasteiger charge is 2.43. The van der Waals surface area contributed by atoms with Crippen LogP contribution in [0.4, 0.5) is 0 Å². The summed E-state index contributed by atoms with van der Waals surface area (Å²) in [4.78, 5) is 0. The topological polar surface area (TPSA) is 99.4 Å². The summed E-state index contributed by atoms with van der Waals surface area (Å²) in [5, 5.41) is 37.6. The molecule has 6 heteroatoms. The van der Waals surface area contributed by atoms with Crippen molar-refractivity contribution in [2.24, 2.45) is 0 Å². The van der Waals surface area contributed by atoms with Gasteiger partial charge < -0.3 is 29.9 Å². The summed E-state index contributed by atoms with van der Waals surface area (Å²) in [6, 6.07) is 0. The fraction of sp³-hybridized carbons (Fsp3) is 1.00. The maximum absolute atomic E-state index is 9.64. The summed E-state index contributed by atoms with van der Waals surface area (Å²) in [6.45, 7) is 2.05. The minimum absolute atomic E-state index is 0.413. The third-order valence-corrected chi connectivity index (χ3v) is 2.88. The van der Waals surface area contributed by atoms with Gasteiger partial charge in [0.25, 0.3) is 0 Å². The van der Waals surface area contributed by atoms with Crippen molar-refractivity contribution >= 4 is 0 Å². The molecule has 1 saturated heterocycles. The zero-order valence-corrected chi connectivity index (χ0v) is 10.0. The molecule has 1 aliphatic rings. The first kappa shape index (κ1) is 14.8. The van der Waals surface area contributed by atoms with Crippen molar-refractivity contribution in [2.45, 2.75) is 56.9 Å². The Balaban J connectivity index is 2.42. The molecule has 0 saturated carbocycles. The fourth-order valence-corrected chi connectivity index (χ4v) is 1.76. The molecule has 0 bridgehead atoms. The minimum atomic E-state index is -1.36. The molecule has 5 atom stereocenters. The number of aliphatic hydroxyl groups is 4. The second kappa shape index (κ2) is 7.25. The minimum Gasteiger partial charge on any atom is -0.394 e. The van der Waals surface area contributed by atoms with E-state index < -0.39 is 37.3 Å². The first-order valence-electron chi connectivity index (χ1n) is 6.04. The van der Waals surface area contributed by atoms with E-state index in [9.17, 15) is 15.3 Å². The fourth-order valence-electron chi connectivity index (χ4n) is 1.76. The number of ether oxygens (including phenoxy) is 2. The Morgan fingerprint density at radius 1 is 1.06 bits per heavy atom. The van der Waals surface area contributed by atoms with E-state index in [2.05, 4.69) is 6.92 Å². The Labute approximate surface area is 101 Å². The summed E-state index contributed by atoms with van der Waals surface area (Å²) < 4.78 is 10.5. The number of unbranched alkanes of at least 4 members (excludes halogenated alkanes) is 2. The largest absolute Gasteiger partial charge is 0.394 e. The Kier molecular flexibility index (Phi) is 6.32. The number of rotatable bonds is 6. The first-order chi connectivity index (χ1) is 8.11. The van der Waals surface area contributed by atoms with Crippen LogP contribution in [0, 0.1) is 0 Å². The van der Waals surface area contributed by atoms with Gasteiger partial charge in [-0.05, 0) is 6.42 Å². The monoisotopic (exact) mass is 250 g/mol. The van der Waals surface area contributed by atoms with Crippen LogP contribution in [0.25, 0.3) is 0 Å². The highest BCUT2D eigenvalue weighted by atomic mass is 16.7. The molecule has 6 nitrogen and oxygen atoms in total. The lowest BCUT2D eigenvalue weighted by atomic mass is 9.99. The molecule has 17 heavy (non-hydrogen) atoms. The van der Waals surface area contributed by atoms with Crippen molar-refractivity contribution in [3.63, 3.8) is 0 Å². The van der Waals surface area contributed by atoms with Gasteiger partial charge in [-0.2, -0.15) is 0 Å². The molecule has 1 rings (SSSR count). The molecule has 0 spiro atoms. The third-order valence-electron chi connectivity index (χ3n) is 2.88. The third kappa shape index (κ3) is 3.87. The van der Waals surface area contributed by atoms with E-state index in [4.69, 9.17) is 14.6 Å². The average molecular weight is 250 g/mol. The molecule has 0 amide bonds. The zero-order chi connectivity index (χ0) is 12.8. The van der Waals surface area contributed by atoms with Crippen molar-refractivity contribution in [1.82, 2.24) is 0 Å². The summed E-state index contributed by atoms with van der Waals surface area (Å²) in [6.07, 6.45) is -2.98. The van der Waals surface area contributed by atoms with Crippen molar-refractivity contribution in [3.8, 4) is 0 Å². The normalized spacial score (nSPS) is 38.3. The number of aliphatic hydroxyl groups excluding tert-OH is 4. The number of hydrogen-bond acceptors (Lipinski definition) is 6. The molecule has 0 unspecified atom stereocenters. The van der Waals surface area contributed by atoms with Crippen LogP contribution < -0.4 is 0 Å². The van der Waals surface area contributed by atoms with E-state index in [1.54, 1.807) is 0 Å². The maximum Gasteiger partial charge on any atom is 0.186 e. The Hall–Kier alpha value is -0.240. The Morgan fingerprint density at radius 2 is 1.76 bits per heavy atom. The van der Waals surface area contributed by atoms with Crippen LogP contribution in [0.15, 0.2) is 0 Å². The molecular weight excluding hydrogens is 228 g/mol. The van der Waals surface area contributed by atoms with Crippen LogP contribution in [0.1, 0.15) is 26.2 Å². The van der Waals surface area contributed by atoms with E-state index in [1.807, 2.05) is 0 Å². The lowest BCUT2D eigenvalue weighted by molar-refractivity contribution is -0.301. The van der Waals surface area contributed by atoms with Gasteiger partial charge in [0.1, 0.15) is 24.4 Å². The number of hydrogen-bond donors (Lipinski definition) is 4. The van der Waals surface area contributed by atoms with Gasteiger partial charge >= 0.3 is 0 Å². The zero-order valence-electron chi connectivity index (χ0n) is 10.0. The highest BCUT2D eigenvalue weighted by molar-refractivity contribution is 4.88. The van der Waals surface area contributed by atoms with E-state index in [0.29, 0.717) is 6.61 Å². The van der Waals surface area contributed by atoms with Gasteiger partial charge in [0.2, 0.25) is 0 Å². The lowest BCUT2D eigenvalue weighted by Crippen LogP contribution is -2.59. The molecule has 4 N–H and O–H groups in total. The molecule has 0 aromatic heterocycles. The van der Waals surface area contributed by atoms with E-state index in [-0.39, 0.29) is 0 Å². The molecule has 1 fully saturated rings. The maximum atomic E-state index is 9.64. The Morgan fingerprint density at radius 3 is 2.35 bits per heavy atom. The van der Waals surface area contributed by atoms with Crippen LogP contribution in [0.3, 0.4) is 0 Å². The van der Waals surface area contributed by atoms with Gasteiger partial charge in [-0.3, -0.25) is 0 Å². The Bertz CT molecular complexity index is 210. The summed E-state index contributed by atoms with van der Waals surface area (Å²) in [5.74, 6) is 0. The molecule has 0 aliphatic carbocycles. The van der Waals surface area contributed by atoms with Crippen LogP contribution in [-0.4, -0.2) is 64.3 Å². The SMILES string of the molecule is CCCCCO[C@H]1O[C@H](CO)[C@H](O)[C@H](O)[C@H]1O. The van der Waals surface area contributed by atoms with Gasteiger partial charge in [-0.1, -0.05) is 19.8 Å². The van der Waals surface area contributed by atoms with Crippen LogP contribution in [-0.2, 0) is 9.47 Å². The smallest absolute Gasteiger partial charge is 0.186 e. The highest BCUT2D eigenvalue weighted by Crippen LogP contribution is 2.22. The van der Waals surface area contributed by atoms with Crippen molar-refractivity contribution < 1.29 is 29.9 Å². The van der Waals surface area contributed by atoms with Crippen molar-refractivity contribution in [1.29, 1.82) is 0 Å². The van der Waals surface area contributed by atoms with Crippen LogP contribution in [0.5, 0.6) is 0 Å². The van der Waals surface area contributed by atoms with Crippen LogP contribution >= 0.6 is 0 Å². The van der Waals surface area contributed by atoms with E-state index >= 15 is 0 Å². The summed E-state index contributed by atoms with van der Waals surface area (Å²) >= 11 is 0. The van der Waals surface area contributed by atoms with Crippen molar-refractivity contribution in [2.75, 3.05) is 13.2 Å². The van der Waals surface area contributed by atoms with Gasteiger partial charge in [0.15, 0.2) is 6.29 Å². The van der Waals surface area contributed by atoms with Crippen LogP contribution in [0.2, 0.25) is 0 Å². The molecule has 0 aromatic carbocycles. The molecule has 1 heterocycles. The van der Waals surface area contributed by atoms with Gasteiger partial charge in [-0.25, -0.2) is 0 Å². The molecule has 102 valence electrons. The summed E-state index contributed by atoms with van der Waals surface area (Å²) in [5.41, 5.74) is 0. The average Bonchev–Trinajstić information content (AvgIpc) is 2.34. The van der Waals surface area contributed by atoms with Gasteiger partial charge in [-0.15, -0.1) is 0 Å². The second-order valence-electron chi connectivity index (χ2n) is 4.28. The predicted molar refractivity (Wildman–Crippen MR) is 59.2 cm³/mol. The predicted octanol–water partition coefficient (Wildman–Crippen LogP) is -1.01. The standard InChI is InChI=1S/C11H22O6/c1-2-3-4-5-16-11-10(15)9(14)8(13)7(6-12)17-11/h7-15H,2-6H2,1H3/t7-,8+,9+,10-,11+/m1/s1. The first-order valence-corrected chi connectivity index (χ1v) is 6.04. The molecular formula is C11H22O6. The summed E-state index contributed by atoms with van der Waals surface area (Å²) in [7, 11) is 0. The molecule has 1 aliphatic heterocycles. The quantitative estimate of drug-likeness (QED) is 0.451. The lowest BCUT2D eigenvalue weighted by Gasteiger charge is -2.39. The second-order valence-corrected chi connectivity index (χ2v) is 4.28. The van der Waals surface area contributed by atoms with E-state index in [1.165, 1.54) is 0 Å². The van der Waals surface area contributed by atoms with Crippen molar-refractivity contribution in [3.05, 3.63) is 0 Å². The van der Waals surface area contributed by atoms with Gasteiger partial charge in [0.05, 0.1) is 6.61 Å². The molecule has 0 aromatic rings. The van der Waals surface area contributed by atoms with Gasteiger partial charge in [0, 0.05) is 6.61 Å². The van der Waals surface area contributed by atoms with E-state index in [0.717, 1.165) is 19.3 Å².